The first-order chi connectivity index (χ1) is 11.3. The molecule has 2 rings (SSSR count). The molecule has 1 heterocycles. The normalized spacial score (nSPS) is 20.5. The van der Waals surface area contributed by atoms with Gasteiger partial charge in [0.15, 0.2) is 0 Å². The molecule has 2 atom stereocenters. The summed E-state index contributed by atoms with van der Waals surface area (Å²) in [5.41, 5.74) is 1.02. The van der Waals surface area contributed by atoms with E-state index in [9.17, 15) is 13.2 Å². The van der Waals surface area contributed by atoms with E-state index in [-0.39, 0.29) is 29.3 Å². The summed E-state index contributed by atoms with van der Waals surface area (Å²) in [6.07, 6.45) is 1.42. The summed E-state index contributed by atoms with van der Waals surface area (Å²) in [6, 6.07) is 7.02. The quantitative estimate of drug-likeness (QED) is 0.803. The number of piperidine rings is 1. The second-order valence-corrected chi connectivity index (χ2v) is 8.39. The highest BCUT2D eigenvalue weighted by Crippen LogP contribution is 2.24. The van der Waals surface area contributed by atoms with E-state index in [1.54, 1.807) is 24.3 Å². The summed E-state index contributed by atoms with van der Waals surface area (Å²) in [7, 11) is -1.70. The topological polar surface area (TPSA) is 78.5 Å². The van der Waals surface area contributed by atoms with Gasteiger partial charge in [-0.25, -0.2) is 8.42 Å². The first-order valence-electron chi connectivity index (χ1n) is 8.36. The highest BCUT2D eigenvalue weighted by molar-refractivity contribution is 7.89. The van der Waals surface area contributed by atoms with Gasteiger partial charge < -0.3 is 10.6 Å². The van der Waals surface area contributed by atoms with E-state index in [0.29, 0.717) is 19.5 Å². The fourth-order valence-electron chi connectivity index (χ4n) is 2.73. The fourth-order valence-corrected chi connectivity index (χ4v) is 4.26. The van der Waals surface area contributed by atoms with E-state index in [1.807, 2.05) is 20.9 Å². The number of hydrogen-bond acceptors (Lipinski definition) is 4. The van der Waals surface area contributed by atoms with Gasteiger partial charge >= 0.3 is 0 Å². The number of aryl methyl sites for hydroxylation is 1. The van der Waals surface area contributed by atoms with Gasteiger partial charge in [-0.05, 0) is 45.9 Å². The second kappa shape index (κ2) is 8.09. The van der Waals surface area contributed by atoms with Crippen molar-refractivity contribution in [1.82, 2.24) is 14.9 Å². The van der Waals surface area contributed by atoms with Crippen LogP contribution < -0.4 is 10.6 Å². The van der Waals surface area contributed by atoms with Gasteiger partial charge in [0.25, 0.3) is 0 Å². The molecule has 1 saturated heterocycles. The van der Waals surface area contributed by atoms with Crippen LogP contribution in [0.2, 0.25) is 0 Å². The van der Waals surface area contributed by atoms with Crippen LogP contribution in [0, 0.1) is 12.8 Å². The Hall–Kier alpha value is -1.44. The van der Waals surface area contributed by atoms with Gasteiger partial charge in [-0.15, -0.1) is 0 Å². The van der Waals surface area contributed by atoms with Gasteiger partial charge in [0, 0.05) is 25.7 Å². The molecule has 24 heavy (non-hydrogen) atoms. The van der Waals surface area contributed by atoms with E-state index in [4.69, 9.17) is 0 Å². The van der Waals surface area contributed by atoms with Crippen LogP contribution >= 0.6 is 0 Å². The SMILES string of the molecule is CNC(C)CNC(=O)C1CCCN(S(=O)(=O)c2ccc(C)cc2)C1. The molecule has 1 aromatic carbocycles. The van der Waals surface area contributed by atoms with Gasteiger partial charge in [0.05, 0.1) is 10.8 Å². The molecule has 0 aromatic heterocycles. The van der Waals surface area contributed by atoms with Crippen molar-refractivity contribution in [3.8, 4) is 0 Å². The van der Waals surface area contributed by atoms with Gasteiger partial charge in [-0.3, -0.25) is 4.79 Å². The van der Waals surface area contributed by atoms with Crippen LogP contribution in [0.1, 0.15) is 25.3 Å². The zero-order valence-corrected chi connectivity index (χ0v) is 15.4. The highest BCUT2D eigenvalue weighted by Gasteiger charge is 2.33. The Kier molecular flexibility index (Phi) is 6.37. The minimum atomic E-state index is -3.54. The van der Waals surface area contributed by atoms with Crippen LogP contribution in [-0.4, -0.2) is 51.4 Å². The molecule has 1 aliphatic heterocycles. The molecule has 7 heteroatoms. The number of sulfonamides is 1. The average molecular weight is 353 g/mol. The van der Waals surface area contributed by atoms with Crippen LogP contribution in [0.5, 0.6) is 0 Å². The van der Waals surface area contributed by atoms with Crippen molar-refractivity contribution < 1.29 is 13.2 Å². The van der Waals surface area contributed by atoms with E-state index in [0.717, 1.165) is 12.0 Å². The maximum absolute atomic E-state index is 12.8. The Labute approximate surface area is 144 Å². The van der Waals surface area contributed by atoms with E-state index in [1.165, 1.54) is 4.31 Å². The maximum Gasteiger partial charge on any atom is 0.243 e. The van der Waals surface area contributed by atoms with Crippen molar-refractivity contribution in [2.24, 2.45) is 5.92 Å². The second-order valence-electron chi connectivity index (χ2n) is 6.45. The number of rotatable bonds is 6. The third-order valence-corrected chi connectivity index (χ3v) is 6.37. The summed E-state index contributed by atoms with van der Waals surface area (Å²) in [6.45, 7) is 5.15. The molecule has 1 amide bonds. The standard InChI is InChI=1S/C17H27N3O3S/c1-13-6-8-16(9-7-13)24(22,23)20-10-4-5-15(12-20)17(21)19-11-14(2)18-3/h6-9,14-15,18H,4-5,10-12H2,1-3H3,(H,19,21). The molecular weight excluding hydrogens is 326 g/mol. The molecule has 6 nitrogen and oxygen atoms in total. The highest BCUT2D eigenvalue weighted by atomic mass is 32.2. The molecule has 1 aromatic rings. The summed E-state index contributed by atoms with van der Waals surface area (Å²) >= 11 is 0. The Morgan fingerprint density at radius 2 is 2.00 bits per heavy atom. The van der Waals surface area contributed by atoms with Gasteiger partial charge in [-0.1, -0.05) is 17.7 Å². The average Bonchev–Trinajstić information content (AvgIpc) is 2.59. The van der Waals surface area contributed by atoms with Crippen molar-refractivity contribution in [2.45, 2.75) is 37.6 Å². The third kappa shape index (κ3) is 4.55. The van der Waals surface area contributed by atoms with Gasteiger partial charge in [0.1, 0.15) is 0 Å². The van der Waals surface area contributed by atoms with Crippen LogP contribution in [-0.2, 0) is 14.8 Å². The summed E-state index contributed by atoms with van der Waals surface area (Å²) < 4.78 is 27.0. The molecule has 1 aliphatic rings. The van der Waals surface area contributed by atoms with E-state index in [2.05, 4.69) is 10.6 Å². The van der Waals surface area contributed by atoms with Crippen molar-refractivity contribution >= 4 is 15.9 Å². The number of carbonyl (C=O) groups is 1. The van der Waals surface area contributed by atoms with Crippen molar-refractivity contribution in [2.75, 3.05) is 26.7 Å². The largest absolute Gasteiger partial charge is 0.354 e. The lowest BCUT2D eigenvalue weighted by atomic mass is 9.99. The Balaban J connectivity index is 2.04. The van der Waals surface area contributed by atoms with Crippen LogP contribution in [0.4, 0.5) is 0 Å². The van der Waals surface area contributed by atoms with Crippen LogP contribution in [0.25, 0.3) is 0 Å². The van der Waals surface area contributed by atoms with Crippen molar-refractivity contribution in [3.05, 3.63) is 29.8 Å². The smallest absolute Gasteiger partial charge is 0.243 e. The number of nitrogens with one attached hydrogen (secondary N) is 2. The fraction of sp³-hybridized carbons (Fsp3) is 0.588. The zero-order chi connectivity index (χ0) is 17.7. The monoisotopic (exact) mass is 353 g/mol. The predicted molar refractivity (Wildman–Crippen MR) is 94.2 cm³/mol. The minimum Gasteiger partial charge on any atom is -0.354 e. The first-order valence-corrected chi connectivity index (χ1v) is 9.80. The number of carbonyl (C=O) groups excluding carboxylic acids is 1. The molecule has 0 bridgehead atoms. The molecule has 2 unspecified atom stereocenters. The van der Waals surface area contributed by atoms with E-state index >= 15 is 0 Å². The van der Waals surface area contributed by atoms with Crippen LogP contribution in [0.15, 0.2) is 29.2 Å². The number of benzene rings is 1. The number of amides is 1. The summed E-state index contributed by atoms with van der Waals surface area (Å²) in [5.74, 6) is -0.357. The summed E-state index contributed by atoms with van der Waals surface area (Å²) in [5, 5.41) is 5.96. The third-order valence-electron chi connectivity index (χ3n) is 4.49. The minimum absolute atomic E-state index is 0.0686. The zero-order valence-electron chi connectivity index (χ0n) is 14.6. The lowest BCUT2D eigenvalue weighted by Gasteiger charge is -2.31. The predicted octanol–water partition coefficient (Wildman–Crippen LogP) is 1.12. The number of nitrogens with zero attached hydrogens (tertiary/aromatic N) is 1. The van der Waals surface area contributed by atoms with Crippen LogP contribution in [0.3, 0.4) is 0 Å². The summed E-state index contributed by atoms with van der Waals surface area (Å²) in [4.78, 5) is 12.6. The Bertz CT molecular complexity index is 658. The molecule has 0 aliphatic carbocycles. The molecule has 0 radical (unpaired) electrons. The van der Waals surface area contributed by atoms with Crippen molar-refractivity contribution in [3.63, 3.8) is 0 Å². The Morgan fingerprint density at radius 1 is 1.33 bits per heavy atom. The molecule has 0 saturated carbocycles. The lowest BCUT2D eigenvalue weighted by Crippen LogP contribution is -2.47. The van der Waals surface area contributed by atoms with Crippen molar-refractivity contribution in [1.29, 1.82) is 0 Å². The van der Waals surface area contributed by atoms with Gasteiger partial charge in [-0.2, -0.15) is 4.31 Å². The molecule has 1 fully saturated rings. The molecular formula is C17H27N3O3S. The Morgan fingerprint density at radius 3 is 2.62 bits per heavy atom. The van der Waals surface area contributed by atoms with Gasteiger partial charge in [0.2, 0.25) is 15.9 Å². The lowest BCUT2D eigenvalue weighted by molar-refractivity contribution is -0.126. The maximum atomic E-state index is 12.8. The number of hydrogen-bond donors (Lipinski definition) is 2. The molecule has 2 N–H and O–H groups in total. The molecule has 0 spiro atoms. The molecule has 134 valence electrons. The number of likely N-dealkylation sites (N-methyl/N-ethyl adjacent to an activating group) is 1. The van der Waals surface area contributed by atoms with E-state index < -0.39 is 10.0 Å². The first kappa shape index (κ1) is 18.9.